The van der Waals surface area contributed by atoms with Gasteiger partial charge in [0.2, 0.25) is 5.91 Å². The Kier molecular flexibility index (Phi) is 8.61. The van der Waals surface area contributed by atoms with E-state index in [0.29, 0.717) is 37.0 Å². The molecule has 2 unspecified atom stereocenters. The summed E-state index contributed by atoms with van der Waals surface area (Å²) in [7, 11) is 1.86. The molecule has 1 N–H and O–H groups in total. The van der Waals surface area contributed by atoms with Crippen LogP contribution in [-0.2, 0) is 9.53 Å². The van der Waals surface area contributed by atoms with Crippen molar-refractivity contribution < 1.29 is 9.53 Å². The van der Waals surface area contributed by atoms with Gasteiger partial charge < -0.3 is 19.9 Å². The van der Waals surface area contributed by atoms with E-state index >= 15 is 0 Å². The Hall–Kier alpha value is -1.35. The molecular weight excluding hydrogens is 503 g/mol. The van der Waals surface area contributed by atoms with Crippen molar-refractivity contribution in [2.24, 2.45) is 10.9 Å². The van der Waals surface area contributed by atoms with Crippen LogP contribution >= 0.6 is 24.0 Å². The number of nitrogens with one attached hydrogen (secondary N) is 1. The first-order valence-electron chi connectivity index (χ1n) is 11.5. The number of piperidine rings is 1. The number of guanidine groups is 1. The van der Waals surface area contributed by atoms with Crippen LogP contribution in [0.25, 0.3) is 0 Å². The number of carbonyl (C=O) groups excluding carboxylic acids is 1. The minimum atomic E-state index is 0. The Morgan fingerprint density at radius 3 is 2.29 bits per heavy atom. The largest absolute Gasteiger partial charge is 0.378 e. The maximum absolute atomic E-state index is 12.8. The minimum Gasteiger partial charge on any atom is -0.378 e. The van der Waals surface area contributed by atoms with Crippen molar-refractivity contribution in [2.75, 3.05) is 46.4 Å². The molecular formula is C24H37IN4O2. The average Bonchev–Trinajstić information content (AvgIpc) is 3.57. The fourth-order valence-corrected chi connectivity index (χ4v) is 4.69. The summed E-state index contributed by atoms with van der Waals surface area (Å²) < 4.78 is 5.37. The number of morpholine rings is 1. The number of aliphatic imine (C=N–C) groups is 1. The molecule has 7 heteroatoms. The van der Waals surface area contributed by atoms with Gasteiger partial charge in [0.15, 0.2) is 5.96 Å². The topological polar surface area (TPSA) is 57.2 Å². The SMILES string of the molecule is CN=C(NC1CC1c1ccc(C(C)C)cc1)N1CCC(C(=O)N2CCOCC2)CC1.I. The lowest BCUT2D eigenvalue weighted by molar-refractivity contribution is -0.140. The van der Waals surface area contributed by atoms with E-state index in [4.69, 9.17) is 4.74 Å². The third-order valence-corrected chi connectivity index (χ3v) is 6.81. The molecule has 2 atom stereocenters. The molecule has 0 bridgehead atoms. The van der Waals surface area contributed by atoms with E-state index in [9.17, 15) is 4.79 Å². The monoisotopic (exact) mass is 540 g/mol. The van der Waals surface area contributed by atoms with E-state index in [-0.39, 0.29) is 29.9 Å². The summed E-state index contributed by atoms with van der Waals surface area (Å²) in [6.45, 7) is 9.07. The number of amides is 1. The molecule has 2 heterocycles. The van der Waals surface area contributed by atoms with Crippen molar-refractivity contribution >= 4 is 35.8 Å². The van der Waals surface area contributed by atoms with Gasteiger partial charge in [-0.25, -0.2) is 0 Å². The first-order chi connectivity index (χ1) is 14.6. The number of ether oxygens (including phenoxy) is 1. The van der Waals surface area contributed by atoms with Gasteiger partial charge in [0.25, 0.3) is 0 Å². The number of rotatable bonds is 4. The van der Waals surface area contributed by atoms with Crippen LogP contribution in [0, 0.1) is 5.92 Å². The highest BCUT2D eigenvalue weighted by Gasteiger charge is 2.40. The number of hydrogen-bond acceptors (Lipinski definition) is 3. The Morgan fingerprint density at radius 1 is 1.06 bits per heavy atom. The van der Waals surface area contributed by atoms with Gasteiger partial charge in [0, 0.05) is 51.1 Å². The summed E-state index contributed by atoms with van der Waals surface area (Å²) >= 11 is 0. The molecule has 3 aliphatic rings. The smallest absolute Gasteiger partial charge is 0.225 e. The van der Waals surface area contributed by atoms with Crippen LogP contribution in [0.15, 0.2) is 29.3 Å². The standard InChI is InChI=1S/C24H36N4O2.HI/c1-17(2)18-4-6-19(7-5-18)21-16-22(21)26-24(25-3)28-10-8-20(9-11-28)23(29)27-12-14-30-15-13-27;/h4-7,17,20-22H,8-16H2,1-3H3,(H,25,26);1H. The summed E-state index contributed by atoms with van der Waals surface area (Å²) in [5.41, 5.74) is 2.82. The van der Waals surface area contributed by atoms with Crippen molar-refractivity contribution in [1.82, 2.24) is 15.1 Å². The molecule has 0 aromatic heterocycles. The van der Waals surface area contributed by atoms with Crippen molar-refractivity contribution in [2.45, 2.75) is 51.0 Å². The number of nitrogens with zero attached hydrogens (tertiary/aromatic N) is 3. The van der Waals surface area contributed by atoms with Crippen molar-refractivity contribution in [1.29, 1.82) is 0 Å². The second-order valence-corrected chi connectivity index (χ2v) is 9.16. The highest BCUT2D eigenvalue weighted by atomic mass is 127. The summed E-state index contributed by atoms with van der Waals surface area (Å²) in [6, 6.07) is 9.56. The average molecular weight is 540 g/mol. The lowest BCUT2D eigenvalue weighted by Gasteiger charge is -2.36. The molecule has 1 aromatic carbocycles. The van der Waals surface area contributed by atoms with Gasteiger partial charge in [-0.15, -0.1) is 24.0 Å². The molecule has 31 heavy (non-hydrogen) atoms. The maximum Gasteiger partial charge on any atom is 0.225 e. The molecule has 1 aliphatic carbocycles. The Balaban J connectivity index is 0.00000272. The molecule has 172 valence electrons. The lowest BCUT2D eigenvalue weighted by Crippen LogP contribution is -2.50. The maximum atomic E-state index is 12.8. The number of benzene rings is 1. The normalized spacial score (nSPS) is 24.7. The van der Waals surface area contributed by atoms with Gasteiger partial charge in [0.1, 0.15) is 0 Å². The second kappa shape index (κ2) is 11.0. The van der Waals surface area contributed by atoms with Crippen LogP contribution in [0.4, 0.5) is 0 Å². The molecule has 1 aromatic rings. The van der Waals surface area contributed by atoms with Gasteiger partial charge in [-0.2, -0.15) is 0 Å². The molecule has 1 saturated carbocycles. The van der Waals surface area contributed by atoms with Gasteiger partial charge in [0.05, 0.1) is 13.2 Å². The lowest BCUT2D eigenvalue weighted by atomic mass is 9.95. The molecule has 2 aliphatic heterocycles. The van der Waals surface area contributed by atoms with Gasteiger partial charge in [-0.1, -0.05) is 38.1 Å². The van der Waals surface area contributed by atoms with E-state index in [0.717, 1.165) is 51.4 Å². The van der Waals surface area contributed by atoms with Crippen LogP contribution in [0.2, 0.25) is 0 Å². The Morgan fingerprint density at radius 2 is 1.71 bits per heavy atom. The van der Waals surface area contributed by atoms with E-state index in [2.05, 4.69) is 53.3 Å². The number of hydrogen-bond donors (Lipinski definition) is 1. The second-order valence-electron chi connectivity index (χ2n) is 9.16. The van der Waals surface area contributed by atoms with Gasteiger partial charge >= 0.3 is 0 Å². The third kappa shape index (κ3) is 5.92. The fourth-order valence-electron chi connectivity index (χ4n) is 4.69. The number of halogens is 1. The van der Waals surface area contributed by atoms with Crippen LogP contribution < -0.4 is 5.32 Å². The van der Waals surface area contributed by atoms with Crippen LogP contribution in [0.3, 0.4) is 0 Å². The zero-order valence-corrected chi connectivity index (χ0v) is 21.4. The Bertz CT molecular complexity index is 753. The van der Waals surface area contributed by atoms with Crippen molar-refractivity contribution in [3.63, 3.8) is 0 Å². The molecule has 2 saturated heterocycles. The fraction of sp³-hybridized carbons (Fsp3) is 0.667. The molecule has 3 fully saturated rings. The summed E-state index contributed by atoms with van der Waals surface area (Å²) in [5, 5.41) is 3.67. The molecule has 0 radical (unpaired) electrons. The van der Waals surface area contributed by atoms with E-state index in [1.165, 1.54) is 11.1 Å². The van der Waals surface area contributed by atoms with Crippen LogP contribution in [-0.4, -0.2) is 74.1 Å². The van der Waals surface area contributed by atoms with E-state index in [1.807, 2.05) is 11.9 Å². The summed E-state index contributed by atoms with van der Waals surface area (Å²) in [5.74, 6) is 2.59. The Labute approximate surface area is 203 Å². The predicted molar refractivity (Wildman–Crippen MR) is 135 cm³/mol. The first-order valence-corrected chi connectivity index (χ1v) is 11.5. The minimum absolute atomic E-state index is 0. The van der Waals surface area contributed by atoms with E-state index in [1.54, 1.807) is 0 Å². The zero-order chi connectivity index (χ0) is 21.1. The van der Waals surface area contributed by atoms with Crippen molar-refractivity contribution in [3.05, 3.63) is 35.4 Å². The van der Waals surface area contributed by atoms with E-state index < -0.39 is 0 Å². The van der Waals surface area contributed by atoms with Gasteiger partial charge in [-0.05, 0) is 36.3 Å². The van der Waals surface area contributed by atoms with Crippen molar-refractivity contribution in [3.8, 4) is 0 Å². The van der Waals surface area contributed by atoms with Gasteiger partial charge in [-0.3, -0.25) is 9.79 Å². The highest BCUT2D eigenvalue weighted by molar-refractivity contribution is 14.0. The molecule has 4 rings (SSSR count). The zero-order valence-electron chi connectivity index (χ0n) is 19.0. The van der Waals surface area contributed by atoms with Crippen LogP contribution in [0.5, 0.6) is 0 Å². The highest BCUT2D eigenvalue weighted by Crippen LogP contribution is 2.41. The molecule has 1 amide bonds. The van der Waals surface area contributed by atoms with Crippen LogP contribution in [0.1, 0.15) is 56.1 Å². The molecule has 6 nitrogen and oxygen atoms in total. The number of likely N-dealkylation sites (tertiary alicyclic amines) is 1. The summed E-state index contributed by atoms with van der Waals surface area (Å²) in [4.78, 5) is 21.6. The quantitative estimate of drug-likeness (QED) is 0.362. The first kappa shape index (κ1) is 24.3. The number of carbonyl (C=O) groups is 1. The summed E-state index contributed by atoms with van der Waals surface area (Å²) in [6.07, 6.45) is 2.97. The predicted octanol–water partition coefficient (Wildman–Crippen LogP) is 3.43. The molecule has 0 spiro atoms. The third-order valence-electron chi connectivity index (χ3n) is 6.81.